The highest BCUT2D eigenvalue weighted by molar-refractivity contribution is 6.13. The molecule has 10 heteroatoms. The number of esters is 1. The van der Waals surface area contributed by atoms with Gasteiger partial charge in [0.05, 0.1) is 28.9 Å². The minimum atomic E-state index is -0.618. The topological polar surface area (TPSA) is 160 Å². The summed E-state index contributed by atoms with van der Waals surface area (Å²) < 4.78 is 5.18. The number of ketones is 2. The highest BCUT2D eigenvalue weighted by Gasteiger charge is 2.19. The molecule has 0 bridgehead atoms. The number of ether oxygens (including phenoxy) is 1. The fourth-order valence-electron chi connectivity index (χ4n) is 3.71. The van der Waals surface area contributed by atoms with Crippen molar-refractivity contribution in [2.75, 3.05) is 6.61 Å². The zero-order valence-electron chi connectivity index (χ0n) is 20.9. The second-order valence-electron chi connectivity index (χ2n) is 8.53. The number of aromatic hydroxyl groups is 4. The zero-order chi connectivity index (χ0) is 28.6. The van der Waals surface area contributed by atoms with E-state index in [2.05, 4.69) is 0 Å². The minimum Gasteiger partial charge on any atom is -0.507 e. The summed E-state index contributed by atoms with van der Waals surface area (Å²) in [7, 11) is 0. The van der Waals surface area contributed by atoms with Crippen LogP contribution in [0.1, 0.15) is 44.7 Å². The molecule has 0 heterocycles. The number of phenols is 4. The first kappa shape index (κ1) is 27.7. The molecule has 4 rings (SSSR count). The van der Waals surface area contributed by atoms with Gasteiger partial charge in [-0.05, 0) is 55.0 Å². The number of hydrogen-bond donors (Lipinski definition) is 4. The van der Waals surface area contributed by atoms with E-state index in [4.69, 9.17) is 14.5 Å². The molecule has 0 aliphatic carbocycles. The third kappa shape index (κ3) is 6.55. The molecule has 0 amide bonds. The van der Waals surface area contributed by atoms with E-state index in [1.165, 1.54) is 54.6 Å². The Kier molecular flexibility index (Phi) is 8.62. The van der Waals surface area contributed by atoms with Gasteiger partial charge in [0, 0.05) is 18.6 Å². The number of para-hydroxylation sites is 2. The fraction of sp³-hybridized carbons (Fsp3) is 0.100. The first-order chi connectivity index (χ1) is 19.2. The van der Waals surface area contributed by atoms with Crippen LogP contribution in [-0.2, 0) is 9.68 Å². The molecule has 4 N–H and O–H groups in total. The van der Waals surface area contributed by atoms with Crippen LogP contribution in [0.15, 0.2) is 84.9 Å². The van der Waals surface area contributed by atoms with Crippen molar-refractivity contribution in [3.05, 3.63) is 107 Å². The van der Waals surface area contributed by atoms with E-state index in [1.54, 1.807) is 24.3 Å². The van der Waals surface area contributed by atoms with Crippen molar-refractivity contribution in [2.24, 2.45) is 0 Å². The van der Waals surface area contributed by atoms with Crippen molar-refractivity contribution in [3.63, 3.8) is 0 Å². The van der Waals surface area contributed by atoms with Crippen LogP contribution in [0.5, 0.6) is 34.5 Å². The predicted molar refractivity (Wildman–Crippen MR) is 141 cm³/mol. The van der Waals surface area contributed by atoms with Gasteiger partial charge >= 0.3 is 5.97 Å². The number of rotatable bonds is 11. The van der Waals surface area contributed by atoms with E-state index in [1.807, 2.05) is 0 Å². The Hall–Kier alpha value is -5.35. The molecule has 10 nitrogen and oxygen atoms in total. The molecule has 4 aromatic rings. The summed E-state index contributed by atoms with van der Waals surface area (Å²) in [4.78, 5) is 47.4. The Morgan fingerprint density at radius 2 is 1.05 bits per heavy atom. The SMILES string of the molecule is O=C(CCCOOc1ccc(C(=O)c2ccccc2O)c(O)c1)Oc1ccc(C(=O)c2ccccc2O)c(O)c1. The monoisotopic (exact) mass is 544 g/mol. The third-order valence-corrected chi connectivity index (χ3v) is 5.72. The summed E-state index contributed by atoms with van der Waals surface area (Å²) in [5, 5.41) is 40.2. The molecule has 40 heavy (non-hydrogen) atoms. The summed E-state index contributed by atoms with van der Waals surface area (Å²) in [6.07, 6.45) is 0.159. The van der Waals surface area contributed by atoms with Crippen molar-refractivity contribution in [1.82, 2.24) is 0 Å². The Morgan fingerprint density at radius 1 is 0.575 bits per heavy atom. The molecule has 0 saturated heterocycles. The molecule has 0 fully saturated rings. The third-order valence-electron chi connectivity index (χ3n) is 5.72. The van der Waals surface area contributed by atoms with Gasteiger partial charge in [-0.1, -0.05) is 24.3 Å². The maximum atomic E-state index is 12.6. The molecule has 0 saturated carbocycles. The highest BCUT2D eigenvalue weighted by Crippen LogP contribution is 2.30. The van der Waals surface area contributed by atoms with E-state index in [0.29, 0.717) is 0 Å². The van der Waals surface area contributed by atoms with Crippen LogP contribution >= 0.6 is 0 Å². The van der Waals surface area contributed by atoms with Crippen molar-refractivity contribution in [3.8, 4) is 34.5 Å². The van der Waals surface area contributed by atoms with E-state index in [-0.39, 0.29) is 70.4 Å². The summed E-state index contributed by atoms with van der Waals surface area (Å²) in [5.74, 6) is -2.83. The number of benzene rings is 4. The van der Waals surface area contributed by atoms with E-state index < -0.39 is 23.3 Å². The fourth-order valence-corrected chi connectivity index (χ4v) is 3.71. The molecule has 0 unspecified atom stereocenters. The molecule has 0 spiro atoms. The standard InChI is InChI=1S/C30H24O10/c31-24-8-3-1-6-20(24)29(36)22-13-11-18(16-26(22)33)39-28(35)10-5-15-38-40-19-12-14-23(27(34)17-19)30(37)21-7-2-4-9-25(21)32/h1-4,6-9,11-14,16-17,31-34H,5,10,15H2. The van der Waals surface area contributed by atoms with Gasteiger partial charge in [-0.25, -0.2) is 0 Å². The average molecular weight is 545 g/mol. The Morgan fingerprint density at radius 3 is 1.57 bits per heavy atom. The van der Waals surface area contributed by atoms with Crippen LogP contribution in [0.25, 0.3) is 0 Å². The largest absolute Gasteiger partial charge is 0.507 e. The maximum absolute atomic E-state index is 12.6. The van der Waals surface area contributed by atoms with Gasteiger partial charge < -0.3 is 30.1 Å². The van der Waals surface area contributed by atoms with Crippen LogP contribution in [0.3, 0.4) is 0 Å². The lowest BCUT2D eigenvalue weighted by Crippen LogP contribution is -2.10. The minimum absolute atomic E-state index is 0.00626. The number of carbonyl (C=O) groups excluding carboxylic acids is 3. The molecule has 0 radical (unpaired) electrons. The van der Waals surface area contributed by atoms with Gasteiger partial charge in [0.15, 0.2) is 17.3 Å². The Balaban J connectivity index is 1.23. The number of phenolic OH excluding ortho intramolecular Hbond substituents is 4. The van der Waals surface area contributed by atoms with Gasteiger partial charge in [0.1, 0.15) is 28.7 Å². The second kappa shape index (κ2) is 12.5. The van der Waals surface area contributed by atoms with Crippen molar-refractivity contribution >= 4 is 17.5 Å². The number of carbonyl (C=O) groups is 3. The molecule has 204 valence electrons. The molecule has 0 aliphatic heterocycles. The van der Waals surface area contributed by atoms with Crippen LogP contribution in [-0.4, -0.2) is 44.6 Å². The van der Waals surface area contributed by atoms with Gasteiger partial charge in [0.2, 0.25) is 0 Å². The van der Waals surface area contributed by atoms with Crippen LogP contribution in [0.2, 0.25) is 0 Å². The number of hydrogen-bond acceptors (Lipinski definition) is 10. The van der Waals surface area contributed by atoms with Crippen molar-refractivity contribution in [1.29, 1.82) is 0 Å². The van der Waals surface area contributed by atoms with Crippen molar-refractivity contribution in [2.45, 2.75) is 12.8 Å². The lowest BCUT2D eigenvalue weighted by Gasteiger charge is -2.09. The zero-order valence-corrected chi connectivity index (χ0v) is 20.9. The molecular weight excluding hydrogens is 520 g/mol. The smallest absolute Gasteiger partial charge is 0.311 e. The van der Waals surface area contributed by atoms with Gasteiger partial charge in [0.25, 0.3) is 0 Å². The molecule has 0 aromatic heterocycles. The van der Waals surface area contributed by atoms with E-state index in [0.717, 1.165) is 6.07 Å². The van der Waals surface area contributed by atoms with Gasteiger partial charge in [-0.2, -0.15) is 4.89 Å². The van der Waals surface area contributed by atoms with Crippen LogP contribution < -0.4 is 9.62 Å². The predicted octanol–water partition coefficient (Wildman–Crippen LogP) is 4.67. The van der Waals surface area contributed by atoms with Crippen LogP contribution in [0.4, 0.5) is 0 Å². The van der Waals surface area contributed by atoms with E-state index >= 15 is 0 Å². The van der Waals surface area contributed by atoms with Gasteiger partial charge in [-0.3, -0.25) is 14.4 Å². The first-order valence-corrected chi connectivity index (χ1v) is 12.1. The normalized spacial score (nSPS) is 10.6. The Bertz CT molecular complexity index is 1560. The Labute approximate surface area is 228 Å². The quantitative estimate of drug-likeness (QED) is 0.0522. The van der Waals surface area contributed by atoms with Gasteiger partial charge in [-0.15, -0.1) is 0 Å². The summed E-state index contributed by atoms with van der Waals surface area (Å²) in [6, 6.07) is 19.6. The van der Waals surface area contributed by atoms with Crippen LogP contribution in [0, 0.1) is 0 Å². The molecule has 4 aromatic carbocycles. The first-order valence-electron chi connectivity index (χ1n) is 12.1. The van der Waals surface area contributed by atoms with E-state index in [9.17, 15) is 34.8 Å². The molecule has 0 atom stereocenters. The highest BCUT2D eigenvalue weighted by atomic mass is 17.2. The average Bonchev–Trinajstić information content (AvgIpc) is 2.93. The summed E-state index contributed by atoms with van der Waals surface area (Å²) >= 11 is 0. The summed E-state index contributed by atoms with van der Waals surface area (Å²) in [5.41, 5.74) is -0.0228. The molecule has 0 aliphatic rings. The lowest BCUT2D eigenvalue weighted by molar-refractivity contribution is -0.207. The molecular formula is C30H24O10. The lowest BCUT2D eigenvalue weighted by atomic mass is 10.0. The van der Waals surface area contributed by atoms with Crippen molar-refractivity contribution < 1.29 is 49.3 Å². The second-order valence-corrected chi connectivity index (χ2v) is 8.53. The summed E-state index contributed by atoms with van der Waals surface area (Å²) in [6.45, 7) is -0.00626. The maximum Gasteiger partial charge on any atom is 0.311 e.